The molecule has 0 aromatic heterocycles. The lowest BCUT2D eigenvalue weighted by atomic mass is 9.99. The van der Waals surface area contributed by atoms with Gasteiger partial charge in [0.2, 0.25) is 5.91 Å². The first-order valence-electron chi connectivity index (χ1n) is 8.92. The molecule has 0 unspecified atom stereocenters. The molecule has 0 bridgehead atoms. The van der Waals surface area contributed by atoms with Gasteiger partial charge in [-0.2, -0.15) is 0 Å². The lowest BCUT2D eigenvalue weighted by Gasteiger charge is -2.31. The van der Waals surface area contributed by atoms with Gasteiger partial charge in [0.15, 0.2) is 0 Å². The minimum absolute atomic E-state index is 0.0188. The van der Waals surface area contributed by atoms with Gasteiger partial charge in [0, 0.05) is 18.2 Å². The van der Waals surface area contributed by atoms with Crippen LogP contribution in [0, 0.1) is 18.7 Å². The number of carbonyl (C=O) groups excluding carboxylic acids is 1. The van der Waals surface area contributed by atoms with Crippen molar-refractivity contribution >= 4 is 27.3 Å². The Kier molecular flexibility index (Phi) is 5.24. The van der Waals surface area contributed by atoms with Gasteiger partial charge in [0.1, 0.15) is 5.82 Å². The Hall–Kier alpha value is -2.41. The summed E-state index contributed by atoms with van der Waals surface area (Å²) in [5, 5.41) is 0. The van der Waals surface area contributed by atoms with Gasteiger partial charge in [-0.3, -0.25) is 9.52 Å². The molecular formula is C20H23FN2O3S. The van der Waals surface area contributed by atoms with Crippen molar-refractivity contribution < 1.29 is 17.6 Å². The van der Waals surface area contributed by atoms with E-state index in [1.54, 1.807) is 24.0 Å². The topological polar surface area (TPSA) is 66.5 Å². The van der Waals surface area contributed by atoms with E-state index in [9.17, 15) is 17.6 Å². The molecule has 5 nitrogen and oxygen atoms in total. The zero-order valence-electron chi connectivity index (χ0n) is 15.6. The Morgan fingerprint density at radius 2 is 1.93 bits per heavy atom. The van der Waals surface area contributed by atoms with Crippen LogP contribution in [0.1, 0.15) is 31.4 Å². The summed E-state index contributed by atoms with van der Waals surface area (Å²) in [6, 6.07) is 8.80. The van der Waals surface area contributed by atoms with Crippen LogP contribution in [-0.2, 0) is 21.2 Å². The summed E-state index contributed by atoms with van der Waals surface area (Å²) in [5.74, 6) is -0.605. The third-order valence-electron chi connectivity index (χ3n) is 4.64. The first-order chi connectivity index (χ1) is 12.7. The summed E-state index contributed by atoms with van der Waals surface area (Å²) in [6.07, 6.45) is 1.73. The highest BCUT2D eigenvalue weighted by atomic mass is 32.2. The molecule has 144 valence electrons. The first kappa shape index (κ1) is 19.4. The van der Waals surface area contributed by atoms with E-state index in [4.69, 9.17) is 0 Å². The lowest BCUT2D eigenvalue weighted by Crippen LogP contribution is -2.38. The molecule has 0 spiro atoms. The summed E-state index contributed by atoms with van der Waals surface area (Å²) < 4.78 is 41.3. The standard InChI is InChI=1S/C20H23FN2O3S/c1-13(2)20(24)23-10-4-5-15-6-8-17(12-18(15)23)22-27(25,26)19-9-7-16(21)11-14(19)3/h6-9,11-13,22H,4-5,10H2,1-3H3. The van der Waals surface area contributed by atoms with Crippen LogP contribution in [0.15, 0.2) is 41.3 Å². The molecule has 2 aromatic carbocycles. The Labute approximate surface area is 159 Å². The number of carbonyl (C=O) groups is 1. The number of nitrogens with zero attached hydrogens (tertiary/aromatic N) is 1. The third kappa shape index (κ3) is 3.98. The summed E-state index contributed by atoms with van der Waals surface area (Å²) in [4.78, 5) is 14.3. The molecule has 27 heavy (non-hydrogen) atoms. The van der Waals surface area contributed by atoms with E-state index >= 15 is 0 Å². The smallest absolute Gasteiger partial charge is 0.262 e. The van der Waals surface area contributed by atoms with Crippen LogP contribution in [-0.4, -0.2) is 20.9 Å². The molecule has 0 saturated heterocycles. The molecule has 1 N–H and O–H groups in total. The lowest BCUT2D eigenvalue weighted by molar-refractivity contribution is -0.121. The molecular weight excluding hydrogens is 367 g/mol. The minimum Gasteiger partial charge on any atom is -0.312 e. The molecule has 7 heteroatoms. The average molecular weight is 390 g/mol. The van der Waals surface area contributed by atoms with Crippen molar-refractivity contribution in [1.29, 1.82) is 0 Å². The number of hydrogen-bond acceptors (Lipinski definition) is 3. The van der Waals surface area contributed by atoms with E-state index in [2.05, 4.69) is 4.72 Å². The van der Waals surface area contributed by atoms with Crippen molar-refractivity contribution in [1.82, 2.24) is 0 Å². The van der Waals surface area contributed by atoms with Gasteiger partial charge in [-0.15, -0.1) is 0 Å². The van der Waals surface area contributed by atoms with Crippen LogP contribution in [0.25, 0.3) is 0 Å². The molecule has 0 saturated carbocycles. The highest BCUT2D eigenvalue weighted by molar-refractivity contribution is 7.92. The number of anilines is 2. The van der Waals surface area contributed by atoms with Crippen LogP contribution in [0.3, 0.4) is 0 Å². The molecule has 0 aliphatic carbocycles. The number of halogens is 1. The number of fused-ring (bicyclic) bond motifs is 1. The van der Waals surface area contributed by atoms with Gasteiger partial charge >= 0.3 is 0 Å². The number of amides is 1. The Bertz CT molecular complexity index is 987. The van der Waals surface area contributed by atoms with Gasteiger partial charge in [-0.25, -0.2) is 12.8 Å². The second kappa shape index (κ2) is 7.31. The van der Waals surface area contributed by atoms with Gasteiger partial charge in [0.25, 0.3) is 10.0 Å². The summed E-state index contributed by atoms with van der Waals surface area (Å²) in [7, 11) is -3.86. The highest BCUT2D eigenvalue weighted by Crippen LogP contribution is 2.32. The van der Waals surface area contributed by atoms with Gasteiger partial charge in [-0.1, -0.05) is 19.9 Å². The molecule has 1 amide bonds. The molecule has 0 atom stereocenters. The summed E-state index contributed by atoms with van der Waals surface area (Å²) in [6.45, 7) is 5.87. The first-order valence-corrected chi connectivity index (χ1v) is 10.4. The second-order valence-electron chi connectivity index (χ2n) is 7.11. The van der Waals surface area contributed by atoms with E-state index in [-0.39, 0.29) is 16.7 Å². The van der Waals surface area contributed by atoms with Crippen LogP contribution < -0.4 is 9.62 Å². The number of rotatable bonds is 4. The monoisotopic (exact) mass is 390 g/mol. The van der Waals surface area contributed by atoms with E-state index in [0.29, 0.717) is 17.8 Å². The molecule has 0 fully saturated rings. The maximum atomic E-state index is 13.3. The summed E-state index contributed by atoms with van der Waals surface area (Å²) in [5.41, 5.74) is 2.48. The maximum absolute atomic E-state index is 13.3. The van der Waals surface area contributed by atoms with E-state index in [1.807, 2.05) is 19.9 Å². The predicted octanol–water partition coefficient (Wildman–Crippen LogP) is 3.87. The van der Waals surface area contributed by atoms with Crippen LogP contribution in [0.2, 0.25) is 0 Å². The zero-order chi connectivity index (χ0) is 19.8. The Balaban J connectivity index is 1.95. The SMILES string of the molecule is Cc1cc(F)ccc1S(=O)(=O)Nc1ccc2c(c1)N(C(=O)C(C)C)CCC2. The van der Waals surface area contributed by atoms with E-state index in [0.717, 1.165) is 30.2 Å². The van der Waals surface area contributed by atoms with E-state index < -0.39 is 15.8 Å². The normalized spacial score (nSPS) is 14.2. The van der Waals surface area contributed by atoms with Crippen LogP contribution in [0.5, 0.6) is 0 Å². The fourth-order valence-corrected chi connectivity index (χ4v) is 4.58. The number of aryl methyl sites for hydroxylation is 2. The van der Waals surface area contributed by atoms with Crippen molar-refractivity contribution in [3.63, 3.8) is 0 Å². The number of hydrogen-bond donors (Lipinski definition) is 1. The molecule has 1 aliphatic rings. The number of nitrogens with one attached hydrogen (secondary N) is 1. The molecule has 2 aromatic rings. The largest absolute Gasteiger partial charge is 0.312 e. The van der Waals surface area contributed by atoms with Crippen molar-refractivity contribution in [2.75, 3.05) is 16.2 Å². The second-order valence-corrected chi connectivity index (χ2v) is 8.76. The molecule has 1 heterocycles. The highest BCUT2D eigenvalue weighted by Gasteiger charge is 2.25. The molecule has 1 aliphatic heterocycles. The Morgan fingerprint density at radius 3 is 2.59 bits per heavy atom. The number of benzene rings is 2. The van der Waals surface area contributed by atoms with Gasteiger partial charge in [-0.05, 0) is 61.2 Å². The van der Waals surface area contributed by atoms with Crippen molar-refractivity contribution in [2.24, 2.45) is 5.92 Å². The van der Waals surface area contributed by atoms with E-state index in [1.165, 1.54) is 12.1 Å². The third-order valence-corrected chi connectivity index (χ3v) is 6.18. The average Bonchev–Trinajstić information content (AvgIpc) is 2.59. The minimum atomic E-state index is -3.86. The molecule has 0 radical (unpaired) electrons. The fraction of sp³-hybridized carbons (Fsp3) is 0.350. The van der Waals surface area contributed by atoms with Crippen LogP contribution >= 0.6 is 0 Å². The van der Waals surface area contributed by atoms with Gasteiger partial charge in [0.05, 0.1) is 10.6 Å². The Morgan fingerprint density at radius 1 is 1.19 bits per heavy atom. The van der Waals surface area contributed by atoms with Crippen molar-refractivity contribution in [2.45, 2.75) is 38.5 Å². The maximum Gasteiger partial charge on any atom is 0.262 e. The number of sulfonamides is 1. The quantitative estimate of drug-likeness (QED) is 0.862. The predicted molar refractivity (Wildman–Crippen MR) is 104 cm³/mol. The van der Waals surface area contributed by atoms with Crippen molar-refractivity contribution in [3.8, 4) is 0 Å². The summed E-state index contributed by atoms with van der Waals surface area (Å²) >= 11 is 0. The van der Waals surface area contributed by atoms with Gasteiger partial charge < -0.3 is 4.90 Å². The van der Waals surface area contributed by atoms with Crippen molar-refractivity contribution in [3.05, 3.63) is 53.3 Å². The fourth-order valence-electron chi connectivity index (χ4n) is 3.30. The zero-order valence-corrected chi connectivity index (χ0v) is 16.4. The van der Waals surface area contributed by atoms with Crippen LogP contribution in [0.4, 0.5) is 15.8 Å². The molecule has 3 rings (SSSR count).